The number of oxime groups is 1. The van der Waals surface area contributed by atoms with Crippen LogP contribution in [0.3, 0.4) is 0 Å². The number of para-hydroxylation sites is 1. The Kier molecular flexibility index (Phi) is 8.10. The van der Waals surface area contributed by atoms with Crippen LogP contribution in [-0.2, 0) is 16.2 Å². The molecule has 2 aromatic carbocycles. The highest BCUT2D eigenvalue weighted by Gasteiger charge is 2.16. The van der Waals surface area contributed by atoms with Gasteiger partial charge in [-0.1, -0.05) is 69.2 Å². The first-order valence-electron chi connectivity index (χ1n) is 11.6. The fraction of sp³-hybridized carbons (Fsp3) is 0.370. The Bertz CT molecular complexity index is 1150. The van der Waals surface area contributed by atoms with Crippen molar-refractivity contribution >= 4 is 17.4 Å². The Morgan fingerprint density at radius 1 is 1.06 bits per heavy atom. The zero-order chi connectivity index (χ0) is 24.8. The van der Waals surface area contributed by atoms with Gasteiger partial charge < -0.3 is 15.9 Å². The third-order valence-corrected chi connectivity index (χ3v) is 5.65. The molecule has 0 spiro atoms. The largest absolute Gasteiger partial charge is 0.384 e. The first-order chi connectivity index (χ1) is 16.2. The fourth-order valence-electron chi connectivity index (χ4n) is 3.92. The number of carbonyl (C=O) groups excluding carboxylic acids is 1. The lowest BCUT2D eigenvalue weighted by Crippen LogP contribution is -2.21. The molecule has 0 aliphatic carbocycles. The van der Waals surface area contributed by atoms with Crippen LogP contribution in [0, 0.1) is 13.8 Å². The van der Waals surface area contributed by atoms with Crippen molar-refractivity contribution in [3.05, 3.63) is 82.2 Å². The average molecular weight is 462 g/mol. The predicted octanol–water partition coefficient (Wildman–Crippen LogP) is 5.07. The lowest BCUT2D eigenvalue weighted by atomic mass is 9.92. The van der Waals surface area contributed by atoms with Crippen LogP contribution in [0.4, 0.5) is 5.69 Å². The number of nitrogens with one attached hydrogen (secondary N) is 1. The number of amidine groups is 1. The summed E-state index contributed by atoms with van der Waals surface area (Å²) in [4.78, 5) is 17.9. The quantitative estimate of drug-likeness (QED) is 0.264. The number of carbonyl (C=O) groups is 1. The minimum Gasteiger partial charge on any atom is -0.384 e. The minimum absolute atomic E-state index is 0.216. The van der Waals surface area contributed by atoms with E-state index < -0.39 is 0 Å². The number of aromatic nitrogens is 2. The standard InChI is InChI=1S/C27H35N5O2/c1-17(2)23-11-8-12-24(18(3)4)26(23)29-25(33)16-34-31-27(28)22-10-7-9-21(14-22)15-32-20(6)13-19(5)30-32/h7-14,17-18H,15-16H2,1-6H3,(H2,28,31)(H,29,33). The third-order valence-electron chi connectivity index (χ3n) is 5.65. The van der Waals surface area contributed by atoms with E-state index in [9.17, 15) is 4.79 Å². The summed E-state index contributed by atoms with van der Waals surface area (Å²) in [6.45, 7) is 12.9. The first-order valence-corrected chi connectivity index (χ1v) is 11.6. The summed E-state index contributed by atoms with van der Waals surface area (Å²) in [6.07, 6.45) is 0. The molecule has 180 valence electrons. The zero-order valence-electron chi connectivity index (χ0n) is 20.9. The van der Waals surface area contributed by atoms with E-state index in [1.165, 1.54) is 0 Å². The SMILES string of the molecule is Cc1cc(C)n(Cc2cccc(/C(N)=N\OCC(=O)Nc3c(C(C)C)cccc3C(C)C)c2)n1. The molecule has 1 amide bonds. The summed E-state index contributed by atoms with van der Waals surface area (Å²) in [5.74, 6) is 0.508. The molecule has 1 heterocycles. The Morgan fingerprint density at radius 2 is 1.71 bits per heavy atom. The number of hydrogen-bond donors (Lipinski definition) is 2. The van der Waals surface area contributed by atoms with Gasteiger partial charge in [0.2, 0.25) is 0 Å². The second-order valence-corrected chi connectivity index (χ2v) is 9.20. The average Bonchev–Trinajstić information content (AvgIpc) is 3.10. The van der Waals surface area contributed by atoms with E-state index >= 15 is 0 Å². The summed E-state index contributed by atoms with van der Waals surface area (Å²) in [6, 6.07) is 15.9. The van der Waals surface area contributed by atoms with E-state index in [-0.39, 0.29) is 30.2 Å². The molecule has 34 heavy (non-hydrogen) atoms. The second-order valence-electron chi connectivity index (χ2n) is 9.20. The lowest BCUT2D eigenvalue weighted by molar-refractivity contribution is -0.120. The van der Waals surface area contributed by atoms with Crippen LogP contribution in [0.2, 0.25) is 0 Å². The number of rotatable bonds is 9. The Hall–Kier alpha value is -3.61. The first kappa shape index (κ1) is 25.0. The van der Waals surface area contributed by atoms with Crippen molar-refractivity contribution in [2.75, 3.05) is 11.9 Å². The maximum Gasteiger partial charge on any atom is 0.265 e. The molecule has 7 nitrogen and oxygen atoms in total. The van der Waals surface area contributed by atoms with E-state index in [0.29, 0.717) is 6.54 Å². The van der Waals surface area contributed by atoms with E-state index in [1.54, 1.807) is 0 Å². The van der Waals surface area contributed by atoms with E-state index in [2.05, 4.69) is 43.3 Å². The van der Waals surface area contributed by atoms with Gasteiger partial charge in [-0.15, -0.1) is 0 Å². The van der Waals surface area contributed by atoms with Gasteiger partial charge in [0.25, 0.3) is 5.91 Å². The van der Waals surface area contributed by atoms with Gasteiger partial charge in [-0.25, -0.2) is 0 Å². The van der Waals surface area contributed by atoms with Gasteiger partial charge in [0.15, 0.2) is 12.4 Å². The van der Waals surface area contributed by atoms with Crippen molar-refractivity contribution in [1.29, 1.82) is 0 Å². The Balaban J connectivity index is 1.65. The summed E-state index contributed by atoms with van der Waals surface area (Å²) in [5.41, 5.74) is 13.0. The van der Waals surface area contributed by atoms with Gasteiger partial charge in [0.1, 0.15) is 0 Å². The monoisotopic (exact) mass is 461 g/mol. The zero-order valence-corrected chi connectivity index (χ0v) is 20.9. The number of nitrogens with two attached hydrogens (primary N) is 1. The molecule has 3 aromatic rings. The van der Waals surface area contributed by atoms with Crippen LogP contribution in [-0.4, -0.2) is 28.1 Å². The van der Waals surface area contributed by atoms with Crippen LogP contribution < -0.4 is 11.1 Å². The van der Waals surface area contributed by atoms with E-state index in [0.717, 1.165) is 39.3 Å². The van der Waals surface area contributed by atoms with Gasteiger partial charge in [-0.2, -0.15) is 5.10 Å². The third kappa shape index (κ3) is 6.25. The predicted molar refractivity (Wildman–Crippen MR) is 137 cm³/mol. The highest BCUT2D eigenvalue weighted by Crippen LogP contribution is 2.32. The molecule has 0 bridgehead atoms. The smallest absolute Gasteiger partial charge is 0.265 e. The molecule has 0 saturated heterocycles. The van der Waals surface area contributed by atoms with Crippen LogP contribution in [0.5, 0.6) is 0 Å². The van der Waals surface area contributed by atoms with Gasteiger partial charge in [0, 0.05) is 16.9 Å². The summed E-state index contributed by atoms with van der Waals surface area (Å²) in [7, 11) is 0. The van der Waals surface area contributed by atoms with E-state index in [1.807, 2.05) is 67.1 Å². The van der Waals surface area contributed by atoms with Gasteiger partial charge in [0.05, 0.1) is 12.2 Å². The van der Waals surface area contributed by atoms with Gasteiger partial charge in [-0.3, -0.25) is 9.48 Å². The number of hydrogen-bond acceptors (Lipinski definition) is 4. The molecular weight excluding hydrogens is 426 g/mol. The molecular formula is C27H35N5O2. The number of aryl methyl sites for hydroxylation is 2. The summed E-state index contributed by atoms with van der Waals surface area (Å²) in [5, 5.41) is 11.5. The molecule has 0 aliphatic heterocycles. The number of amides is 1. The minimum atomic E-state index is -0.273. The topological polar surface area (TPSA) is 94.5 Å². The Morgan fingerprint density at radius 3 is 2.29 bits per heavy atom. The summed E-state index contributed by atoms with van der Waals surface area (Å²) >= 11 is 0. The van der Waals surface area contributed by atoms with Crippen molar-refractivity contribution in [2.24, 2.45) is 10.9 Å². The maximum atomic E-state index is 12.6. The van der Waals surface area contributed by atoms with Crippen molar-refractivity contribution in [3.63, 3.8) is 0 Å². The van der Waals surface area contributed by atoms with Crippen LogP contribution in [0.25, 0.3) is 0 Å². The van der Waals surface area contributed by atoms with Gasteiger partial charge >= 0.3 is 0 Å². The molecule has 0 saturated carbocycles. The normalized spacial score (nSPS) is 11.8. The van der Waals surface area contributed by atoms with Gasteiger partial charge in [-0.05, 0) is 54.5 Å². The molecule has 0 atom stereocenters. The van der Waals surface area contributed by atoms with Crippen LogP contribution in [0.1, 0.15) is 73.2 Å². The van der Waals surface area contributed by atoms with Crippen molar-refractivity contribution in [2.45, 2.75) is 59.9 Å². The number of benzene rings is 2. The molecule has 0 fully saturated rings. The van der Waals surface area contributed by atoms with Crippen LogP contribution >= 0.6 is 0 Å². The molecule has 3 rings (SSSR count). The second kappa shape index (κ2) is 11.0. The molecule has 7 heteroatoms. The molecule has 1 aromatic heterocycles. The lowest BCUT2D eigenvalue weighted by Gasteiger charge is -2.20. The molecule has 0 aliphatic rings. The molecule has 3 N–H and O–H groups in total. The van der Waals surface area contributed by atoms with Crippen molar-refractivity contribution in [1.82, 2.24) is 9.78 Å². The van der Waals surface area contributed by atoms with Crippen molar-refractivity contribution < 1.29 is 9.63 Å². The Labute approximate surface area is 202 Å². The molecule has 0 radical (unpaired) electrons. The molecule has 0 unspecified atom stereocenters. The summed E-state index contributed by atoms with van der Waals surface area (Å²) < 4.78 is 1.95. The number of anilines is 1. The highest BCUT2D eigenvalue weighted by molar-refractivity contribution is 5.97. The van der Waals surface area contributed by atoms with Crippen molar-refractivity contribution in [3.8, 4) is 0 Å². The highest BCUT2D eigenvalue weighted by atomic mass is 16.6. The maximum absolute atomic E-state index is 12.6. The fourth-order valence-corrected chi connectivity index (χ4v) is 3.92. The van der Waals surface area contributed by atoms with E-state index in [4.69, 9.17) is 10.6 Å². The number of nitrogens with zero attached hydrogens (tertiary/aromatic N) is 3. The van der Waals surface area contributed by atoms with Crippen LogP contribution in [0.15, 0.2) is 53.7 Å².